The molecule has 1 aromatic heterocycles. The van der Waals surface area contributed by atoms with Crippen molar-refractivity contribution in [3.63, 3.8) is 0 Å². The van der Waals surface area contributed by atoms with E-state index in [2.05, 4.69) is 10.3 Å². The SMILES string of the molecule is Cc1ccc(NC(=O)CSc2nc3ccccc3c(=O)n2C[C@H]2CCCO2)cc1. The number of benzene rings is 2. The molecule has 0 bridgehead atoms. The van der Waals surface area contributed by atoms with Crippen LogP contribution >= 0.6 is 11.8 Å². The molecular formula is C22H23N3O3S. The van der Waals surface area contributed by atoms with Gasteiger partial charge in [0.2, 0.25) is 5.91 Å². The van der Waals surface area contributed by atoms with E-state index in [1.165, 1.54) is 11.8 Å². The van der Waals surface area contributed by atoms with Crippen LogP contribution in [0.3, 0.4) is 0 Å². The number of thioether (sulfide) groups is 1. The zero-order chi connectivity index (χ0) is 20.2. The molecule has 1 N–H and O–H groups in total. The number of aryl methyl sites for hydroxylation is 1. The highest BCUT2D eigenvalue weighted by Crippen LogP contribution is 2.21. The molecule has 1 atom stereocenters. The fraction of sp³-hybridized carbons (Fsp3) is 0.318. The standard InChI is InChI=1S/C22H23N3O3S/c1-15-8-10-16(11-9-15)23-20(26)14-29-22-24-19-7-3-2-6-18(19)21(27)25(22)13-17-5-4-12-28-17/h2-3,6-11,17H,4-5,12-14H2,1H3,(H,23,26)/t17-/m1/s1. The molecule has 2 heterocycles. The second-order valence-electron chi connectivity index (χ2n) is 7.17. The van der Waals surface area contributed by atoms with Crippen molar-refractivity contribution in [3.8, 4) is 0 Å². The minimum absolute atomic E-state index is 0.0106. The van der Waals surface area contributed by atoms with Crippen LogP contribution in [-0.4, -0.2) is 33.9 Å². The molecule has 1 amide bonds. The summed E-state index contributed by atoms with van der Waals surface area (Å²) in [5, 5.41) is 4.01. The highest BCUT2D eigenvalue weighted by Gasteiger charge is 2.20. The van der Waals surface area contributed by atoms with E-state index in [0.29, 0.717) is 22.6 Å². The van der Waals surface area contributed by atoms with Gasteiger partial charge < -0.3 is 10.1 Å². The number of carbonyl (C=O) groups excluding carboxylic acids is 1. The first-order valence-electron chi connectivity index (χ1n) is 9.70. The largest absolute Gasteiger partial charge is 0.376 e. The smallest absolute Gasteiger partial charge is 0.262 e. The second-order valence-corrected chi connectivity index (χ2v) is 8.11. The molecule has 150 valence electrons. The van der Waals surface area contributed by atoms with Crippen molar-refractivity contribution < 1.29 is 9.53 Å². The minimum atomic E-state index is -0.134. The number of hydrogen-bond acceptors (Lipinski definition) is 5. The van der Waals surface area contributed by atoms with Crippen molar-refractivity contribution in [3.05, 3.63) is 64.4 Å². The van der Waals surface area contributed by atoms with Gasteiger partial charge in [-0.3, -0.25) is 14.2 Å². The van der Waals surface area contributed by atoms with Crippen molar-refractivity contribution in [2.75, 3.05) is 17.7 Å². The van der Waals surface area contributed by atoms with E-state index in [-0.39, 0.29) is 23.3 Å². The monoisotopic (exact) mass is 409 g/mol. The normalized spacial score (nSPS) is 16.2. The molecule has 29 heavy (non-hydrogen) atoms. The average molecular weight is 410 g/mol. The number of rotatable bonds is 6. The number of nitrogens with one attached hydrogen (secondary N) is 1. The van der Waals surface area contributed by atoms with Gasteiger partial charge in [0.05, 0.1) is 29.3 Å². The molecule has 2 aromatic carbocycles. The lowest BCUT2D eigenvalue weighted by atomic mass is 10.2. The van der Waals surface area contributed by atoms with Crippen molar-refractivity contribution in [2.24, 2.45) is 0 Å². The number of carbonyl (C=O) groups is 1. The number of anilines is 1. The van der Waals surface area contributed by atoms with Crippen LogP contribution < -0.4 is 10.9 Å². The molecule has 7 heteroatoms. The molecule has 0 aliphatic carbocycles. The molecule has 1 fully saturated rings. The fourth-order valence-corrected chi connectivity index (χ4v) is 4.18. The number of ether oxygens (including phenoxy) is 1. The zero-order valence-corrected chi connectivity index (χ0v) is 17.1. The number of aromatic nitrogens is 2. The van der Waals surface area contributed by atoms with Crippen LogP contribution in [0.1, 0.15) is 18.4 Å². The van der Waals surface area contributed by atoms with E-state index in [0.717, 1.165) is 30.7 Å². The van der Waals surface area contributed by atoms with Crippen molar-refractivity contribution in [1.82, 2.24) is 9.55 Å². The van der Waals surface area contributed by atoms with Gasteiger partial charge in [-0.05, 0) is 44.0 Å². The Labute approximate surface area is 173 Å². The molecule has 1 aliphatic rings. The van der Waals surface area contributed by atoms with E-state index in [1.807, 2.05) is 49.4 Å². The maximum atomic E-state index is 13.1. The fourth-order valence-electron chi connectivity index (χ4n) is 3.37. The lowest BCUT2D eigenvalue weighted by Gasteiger charge is -2.16. The Balaban J connectivity index is 1.55. The summed E-state index contributed by atoms with van der Waals surface area (Å²) in [6.45, 7) is 3.18. The average Bonchev–Trinajstić information content (AvgIpc) is 3.24. The number of hydrogen-bond donors (Lipinski definition) is 1. The van der Waals surface area contributed by atoms with Gasteiger partial charge in [-0.15, -0.1) is 0 Å². The van der Waals surface area contributed by atoms with Crippen molar-refractivity contribution in [1.29, 1.82) is 0 Å². The molecule has 1 saturated heterocycles. The second kappa shape index (κ2) is 8.80. The van der Waals surface area contributed by atoms with Crippen LogP contribution in [0.15, 0.2) is 58.5 Å². The number of nitrogens with zero attached hydrogens (tertiary/aromatic N) is 2. The van der Waals surface area contributed by atoms with Crippen LogP contribution in [0.5, 0.6) is 0 Å². The lowest BCUT2D eigenvalue weighted by molar-refractivity contribution is -0.113. The molecule has 0 spiro atoms. The van der Waals surface area contributed by atoms with Gasteiger partial charge in [-0.1, -0.05) is 41.6 Å². The van der Waals surface area contributed by atoms with Gasteiger partial charge in [0, 0.05) is 12.3 Å². The Morgan fingerprint density at radius 3 is 2.79 bits per heavy atom. The predicted molar refractivity (Wildman–Crippen MR) is 116 cm³/mol. The first-order valence-corrected chi connectivity index (χ1v) is 10.7. The number of para-hydroxylation sites is 1. The first-order chi connectivity index (χ1) is 14.1. The lowest BCUT2D eigenvalue weighted by Crippen LogP contribution is -2.29. The summed E-state index contributed by atoms with van der Waals surface area (Å²) in [7, 11) is 0. The van der Waals surface area contributed by atoms with Gasteiger partial charge in [0.25, 0.3) is 5.56 Å². The highest BCUT2D eigenvalue weighted by atomic mass is 32.2. The maximum absolute atomic E-state index is 13.1. The molecule has 0 unspecified atom stereocenters. The maximum Gasteiger partial charge on any atom is 0.262 e. The molecule has 0 radical (unpaired) electrons. The van der Waals surface area contributed by atoms with Crippen LogP contribution in [-0.2, 0) is 16.1 Å². The van der Waals surface area contributed by atoms with Gasteiger partial charge in [0.15, 0.2) is 5.16 Å². The third-order valence-electron chi connectivity index (χ3n) is 4.90. The molecule has 6 nitrogen and oxygen atoms in total. The Morgan fingerprint density at radius 1 is 1.24 bits per heavy atom. The number of amides is 1. The summed E-state index contributed by atoms with van der Waals surface area (Å²) in [5.74, 6) is 0.0365. The van der Waals surface area contributed by atoms with E-state index < -0.39 is 0 Å². The van der Waals surface area contributed by atoms with Crippen molar-refractivity contribution in [2.45, 2.75) is 37.6 Å². The zero-order valence-electron chi connectivity index (χ0n) is 16.3. The topological polar surface area (TPSA) is 73.2 Å². The molecule has 0 saturated carbocycles. The molecule has 1 aliphatic heterocycles. The summed E-state index contributed by atoms with van der Waals surface area (Å²) >= 11 is 1.27. The van der Waals surface area contributed by atoms with E-state index in [9.17, 15) is 9.59 Å². The van der Waals surface area contributed by atoms with Crippen LogP contribution in [0.2, 0.25) is 0 Å². The first kappa shape index (κ1) is 19.7. The van der Waals surface area contributed by atoms with Crippen LogP contribution in [0.4, 0.5) is 5.69 Å². The summed E-state index contributed by atoms with van der Waals surface area (Å²) < 4.78 is 7.37. The quantitative estimate of drug-likeness (QED) is 0.497. The summed E-state index contributed by atoms with van der Waals surface area (Å²) in [4.78, 5) is 30.1. The molecule has 4 rings (SSSR count). The minimum Gasteiger partial charge on any atom is -0.376 e. The third kappa shape index (κ3) is 4.68. The van der Waals surface area contributed by atoms with Gasteiger partial charge >= 0.3 is 0 Å². The highest BCUT2D eigenvalue weighted by molar-refractivity contribution is 7.99. The third-order valence-corrected chi connectivity index (χ3v) is 5.88. The molecular weight excluding hydrogens is 386 g/mol. The Hall–Kier alpha value is -2.64. The summed E-state index contributed by atoms with van der Waals surface area (Å²) in [5.41, 5.74) is 2.44. The Morgan fingerprint density at radius 2 is 2.03 bits per heavy atom. The van der Waals surface area contributed by atoms with Crippen LogP contribution in [0, 0.1) is 6.92 Å². The van der Waals surface area contributed by atoms with E-state index >= 15 is 0 Å². The number of fused-ring (bicyclic) bond motifs is 1. The van der Waals surface area contributed by atoms with Crippen molar-refractivity contribution >= 4 is 34.3 Å². The molecule has 3 aromatic rings. The van der Waals surface area contributed by atoms with Gasteiger partial charge in [-0.25, -0.2) is 4.98 Å². The Bertz CT molecular complexity index is 1070. The van der Waals surface area contributed by atoms with E-state index in [1.54, 1.807) is 10.6 Å². The Kier molecular flexibility index (Phi) is 5.97. The van der Waals surface area contributed by atoms with Gasteiger partial charge in [-0.2, -0.15) is 0 Å². The van der Waals surface area contributed by atoms with E-state index in [4.69, 9.17) is 4.74 Å². The predicted octanol–water partition coefficient (Wildman–Crippen LogP) is 3.61. The van der Waals surface area contributed by atoms with Crippen LogP contribution in [0.25, 0.3) is 10.9 Å². The summed E-state index contributed by atoms with van der Waals surface area (Å²) in [6, 6.07) is 15.0. The van der Waals surface area contributed by atoms with Gasteiger partial charge in [0.1, 0.15) is 0 Å². The summed E-state index contributed by atoms with van der Waals surface area (Å²) in [6.07, 6.45) is 1.94.